The number of aliphatic hydroxyl groups is 1. The second-order valence-corrected chi connectivity index (χ2v) is 8.09. The van der Waals surface area contributed by atoms with E-state index in [9.17, 15) is 27.9 Å². The summed E-state index contributed by atoms with van der Waals surface area (Å²) >= 11 is 0. The van der Waals surface area contributed by atoms with E-state index in [2.05, 4.69) is 4.74 Å². The fraction of sp³-hybridized carbons (Fsp3) is 0.500. The van der Waals surface area contributed by atoms with Crippen molar-refractivity contribution < 1.29 is 42.1 Å². The Morgan fingerprint density at radius 3 is 2.38 bits per heavy atom. The van der Waals surface area contributed by atoms with Crippen LogP contribution in [0.15, 0.2) is 29.8 Å². The van der Waals surface area contributed by atoms with Gasteiger partial charge in [0.1, 0.15) is 12.4 Å². The van der Waals surface area contributed by atoms with Crippen LogP contribution in [0.5, 0.6) is 5.75 Å². The van der Waals surface area contributed by atoms with Crippen molar-refractivity contribution in [3.63, 3.8) is 0 Å². The van der Waals surface area contributed by atoms with Crippen molar-refractivity contribution in [2.45, 2.75) is 45.6 Å². The van der Waals surface area contributed by atoms with Crippen molar-refractivity contribution in [1.82, 2.24) is 0 Å². The molecule has 1 heterocycles. The van der Waals surface area contributed by atoms with Crippen molar-refractivity contribution >= 4 is 18.0 Å². The first-order valence-electron chi connectivity index (χ1n) is 8.87. The van der Waals surface area contributed by atoms with Crippen LogP contribution in [0.2, 0.25) is 0 Å². The minimum Gasteiger partial charge on any atom is -0.461 e. The van der Waals surface area contributed by atoms with Crippen molar-refractivity contribution in [2.75, 3.05) is 13.2 Å². The predicted octanol–water partition coefficient (Wildman–Crippen LogP) is 3.63. The van der Waals surface area contributed by atoms with Crippen LogP contribution in [-0.4, -0.2) is 42.2 Å². The number of hydrogen-bond donors (Lipinski definition) is 1. The molecule has 6 nitrogen and oxygen atoms in total. The maximum Gasteiger partial charge on any atom is 0.573 e. The Hall–Kier alpha value is -2.55. The van der Waals surface area contributed by atoms with Gasteiger partial charge in [-0.05, 0) is 29.2 Å². The van der Waals surface area contributed by atoms with Crippen LogP contribution in [0.4, 0.5) is 13.2 Å². The van der Waals surface area contributed by atoms with Crippen molar-refractivity contribution in [3.8, 4) is 5.75 Å². The van der Waals surface area contributed by atoms with Crippen LogP contribution in [-0.2, 0) is 19.1 Å². The quantitative estimate of drug-likeness (QED) is 0.563. The Balaban J connectivity index is 2.06. The third-order valence-corrected chi connectivity index (χ3v) is 4.00. The molecule has 1 aromatic rings. The summed E-state index contributed by atoms with van der Waals surface area (Å²) in [6, 6.07) is 4.94. The first-order chi connectivity index (χ1) is 13.3. The average molecular weight is 416 g/mol. The third-order valence-electron chi connectivity index (χ3n) is 4.00. The minimum atomic E-state index is -4.79. The van der Waals surface area contributed by atoms with E-state index in [0.717, 1.165) is 12.1 Å². The number of esters is 2. The van der Waals surface area contributed by atoms with Crippen LogP contribution in [0.25, 0.3) is 6.08 Å². The number of hydrogen-bond acceptors (Lipinski definition) is 6. The number of benzene rings is 1. The molecule has 0 aliphatic carbocycles. The molecule has 160 valence electrons. The Labute approximate surface area is 166 Å². The molecule has 1 atom stereocenters. The summed E-state index contributed by atoms with van der Waals surface area (Å²) in [4.78, 5) is 24.1. The Morgan fingerprint density at radius 1 is 1.24 bits per heavy atom. The van der Waals surface area contributed by atoms with Gasteiger partial charge in [-0.3, -0.25) is 4.79 Å². The second-order valence-electron chi connectivity index (χ2n) is 8.09. The lowest BCUT2D eigenvalue weighted by Gasteiger charge is -2.25. The summed E-state index contributed by atoms with van der Waals surface area (Å²) in [5.74, 6) is -1.55. The molecule has 0 amide bonds. The van der Waals surface area contributed by atoms with Gasteiger partial charge in [0.05, 0.1) is 13.0 Å². The topological polar surface area (TPSA) is 82.1 Å². The molecule has 9 heteroatoms. The first kappa shape index (κ1) is 22.7. The van der Waals surface area contributed by atoms with E-state index in [1.165, 1.54) is 18.2 Å². The molecule has 2 rings (SSSR count). The van der Waals surface area contributed by atoms with E-state index in [1.807, 2.05) is 20.8 Å². The zero-order valence-corrected chi connectivity index (χ0v) is 16.3. The molecule has 0 radical (unpaired) electrons. The number of cyclic esters (lactones) is 1. The highest BCUT2D eigenvalue weighted by Crippen LogP contribution is 2.33. The lowest BCUT2D eigenvalue weighted by Crippen LogP contribution is -2.39. The van der Waals surface area contributed by atoms with Gasteiger partial charge in [-0.1, -0.05) is 32.9 Å². The molecule has 1 aliphatic heterocycles. The molecule has 0 aromatic heterocycles. The maximum atomic E-state index is 12.2. The second kappa shape index (κ2) is 8.44. The molecule has 1 fully saturated rings. The third kappa shape index (κ3) is 7.08. The lowest BCUT2D eigenvalue weighted by molar-refractivity contribution is -0.274. The zero-order valence-electron chi connectivity index (χ0n) is 16.3. The van der Waals surface area contributed by atoms with Gasteiger partial charge in [-0.25, -0.2) is 4.79 Å². The smallest absolute Gasteiger partial charge is 0.461 e. The van der Waals surface area contributed by atoms with Crippen LogP contribution in [0.3, 0.4) is 0 Å². The number of aliphatic hydroxyl groups excluding tert-OH is 1. The number of carbonyl (C=O) groups is 2. The Kier molecular flexibility index (Phi) is 6.62. The summed E-state index contributed by atoms with van der Waals surface area (Å²) in [5, 5.41) is 9.69. The number of halogens is 3. The molecule has 1 aromatic carbocycles. The maximum absolute atomic E-state index is 12.2. The fourth-order valence-corrected chi connectivity index (χ4v) is 2.70. The van der Waals surface area contributed by atoms with E-state index in [-0.39, 0.29) is 36.2 Å². The normalized spacial score (nSPS) is 21.2. The first-order valence-corrected chi connectivity index (χ1v) is 8.87. The molecule has 1 unspecified atom stereocenters. The molecular formula is C20H23F3O6. The van der Waals surface area contributed by atoms with E-state index < -0.39 is 30.5 Å². The van der Waals surface area contributed by atoms with Crippen molar-refractivity contribution in [3.05, 3.63) is 35.4 Å². The van der Waals surface area contributed by atoms with E-state index in [0.29, 0.717) is 5.56 Å². The van der Waals surface area contributed by atoms with Gasteiger partial charge in [0, 0.05) is 12.0 Å². The summed E-state index contributed by atoms with van der Waals surface area (Å²) in [6.07, 6.45) is -3.20. The molecule has 0 bridgehead atoms. The van der Waals surface area contributed by atoms with Gasteiger partial charge < -0.3 is 19.3 Å². The summed E-state index contributed by atoms with van der Waals surface area (Å²) in [6.45, 7) is 4.78. The average Bonchev–Trinajstić information content (AvgIpc) is 2.89. The number of rotatable bonds is 6. The van der Waals surface area contributed by atoms with Gasteiger partial charge in [0.2, 0.25) is 0 Å². The largest absolute Gasteiger partial charge is 0.573 e. The highest BCUT2D eigenvalue weighted by molar-refractivity contribution is 5.96. The molecule has 1 saturated heterocycles. The van der Waals surface area contributed by atoms with E-state index in [4.69, 9.17) is 9.47 Å². The molecule has 0 saturated carbocycles. The van der Waals surface area contributed by atoms with Crippen LogP contribution >= 0.6 is 0 Å². The van der Waals surface area contributed by atoms with E-state index >= 15 is 0 Å². The highest BCUT2D eigenvalue weighted by atomic mass is 19.4. The number of carbonyl (C=O) groups excluding carboxylic acids is 2. The number of alkyl halides is 3. The lowest BCUT2D eigenvalue weighted by atomic mass is 9.92. The molecular weight excluding hydrogens is 393 g/mol. The zero-order chi connectivity index (χ0) is 21.9. The van der Waals surface area contributed by atoms with Gasteiger partial charge >= 0.3 is 18.3 Å². The minimum absolute atomic E-state index is 0.00800. The van der Waals surface area contributed by atoms with Crippen molar-refractivity contribution in [2.24, 2.45) is 5.41 Å². The fourth-order valence-electron chi connectivity index (χ4n) is 2.70. The monoisotopic (exact) mass is 416 g/mol. The van der Waals surface area contributed by atoms with Crippen molar-refractivity contribution in [1.29, 1.82) is 0 Å². The van der Waals surface area contributed by atoms with E-state index in [1.54, 1.807) is 0 Å². The molecule has 29 heavy (non-hydrogen) atoms. The van der Waals surface area contributed by atoms with Crippen LogP contribution in [0, 0.1) is 5.41 Å². The summed E-state index contributed by atoms with van der Waals surface area (Å²) in [7, 11) is 0. The van der Waals surface area contributed by atoms with Gasteiger partial charge in [0.25, 0.3) is 0 Å². The van der Waals surface area contributed by atoms with Gasteiger partial charge in [-0.15, -0.1) is 13.2 Å². The number of ether oxygens (including phenoxy) is 3. The molecule has 1 N–H and O–H groups in total. The molecule has 1 aliphatic rings. The summed E-state index contributed by atoms with van der Waals surface area (Å²) < 4.78 is 50.8. The highest BCUT2D eigenvalue weighted by Gasteiger charge is 2.44. The standard InChI is InChI=1S/C20H23F3O6/c1-18(2,3)10-16(25)27-12-19(11-24)9-14(17(26)29-19)8-13-4-6-15(7-5-13)28-20(21,22)23/h4-8,24H,9-12H2,1-3H3/b14-8+. The van der Waals surface area contributed by atoms with Crippen LogP contribution < -0.4 is 4.74 Å². The Morgan fingerprint density at radius 2 is 1.86 bits per heavy atom. The van der Waals surface area contributed by atoms with Gasteiger partial charge in [-0.2, -0.15) is 0 Å². The predicted molar refractivity (Wildman–Crippen MR) is 96.7 cm³/mol. The Bertz CT molecular complexity index is 777. The summed E-state index contributed by atoms with van der Waals surface area (Å²) in [5.41, 5.74) is -1.00. The van der Waals surface area contributed by atoms with Crippen LogP contribution in [0.1, 0.15) is 39.2 Å². The molecule has 0 spiro atoms. The SMILES string of the molecule is CC(C)(C)CC(=O)OCC1(CO)C/C(=C\c2ccc(OC(F)(F)F)cc2)C(=O)O1. The van der Waals surface area contributed by atoms with Gasteiger partial charge in [0.15, 0.2) is 5.60 Å².